The average Bonchev–Trinajstić information content (AvgIpc) is 2.14. The van der Waals surface area contributed by atoms with Crippen LogP contribution in [0.25, 0.3) is 0 Å². The van der Waals surface area contributed by atoms with E-state index < -0.39 is 0 Å². The quantitative estimate of drug-likeness (QED) is 0.606. The van der Waals surface area contributed by atoms with Gasteiger partial charge in [-0.05, 0) is 43.6 Å². The SMILES string of the molecule is CCOCC1=C[C@H]2CCCC(C1)C2. The first-order chi connectivity index (χ1) is 6.38. The van der Waals surface area contributed by atoms with E-state index in [1.54, 1.807) is 5.57 Å². The number of ether oxygens (including phenoxy) is 1. The fourth-order valence-corrected chi connectivity index (χ4v) is 2.78. The van der Waals surface area contributed by atoms with E-state index in [9.17, 15) is 0 Å². The van der Waals surface area contributed by atoms with Gasteiger partial charge in [0.15, 0.2) is 0 Å². The monoisotopic (exact) mass is 180 g/mol. The van der Waals surface area contributed by atoms with Crippen molar-refractivity contribution in [2.45, 2.75) is 39.0 Å². The Balaban J connectivity index is 1.92. The first-order valence-corrected chi connectivity index (χ1v) is 5.65. The van der Waals surface area contributed by atoms with Crippen LogP contribution < -0.4 is 0 Å². The molecule has 0 N–H and O–H groups in total. The topological polar surface area (TPSA) is 9.23 Å². The van der Waals surface area contributed by atoms with Gasteiger partial charge in [-0.15, -0.1) is 0 Å². The molecule has 2 aliphatic carbocycles. The van der Waals surface area contributed by atoms with Crippen LogP contribution >= 0.6 is 0 Å². The van der Waals surface area contributed by atoms with Crippen molar-refractivity contribution in [3.05, 3.63) is 11.6 Å². The van der Waals surface area contributed by atoms with E-state index >= 15 is 0 Å². The van der Waals surface area contributed by atoms with Crippen molar-refractivity contribution in [3.8, 4) is 0 Å². The van der Waals surface area contributed by atoms with E-state index in [1.165, 1.54) is 32.1 Å². The molecule has 0 radical (unpaired) electrons. The third-order valence-electron chi connectivity index (χ3n) is 3.34. The molecule has 1 fully saturated rings. The third kappa shape index (κ3) is 2.34. The first kappa shape index (κ1) is 9.26. The van der Waals surface area contributed by atoms with Gasteiger partial charge in [0.05, 0.1) is 6.61 Å². The number of rotatable bonds is 3. The van der Waals surface area contributed by atoms with Crippen molar-refractivity contribution < 1.29 is 4.74 Å². The van der Waals surface area contributed by atoms with Gasteiger partial charge in [-0.3, -0.25) is 0 Å². The molecule has 0 heterocycles. The molecule has 2 rings (SSSR count). The summed E-state index contributed by atoms with van der Waals surface area (Å²) in [6.45, 7) is 3.82. The molecule has 74 valence electrons. The summed E-state index contributed by atoms with van der Waals surface area (Å²) < 4.78 is 5.47. The predicted molar refractivity (Wildman–Crippen MR) is 54.6 cm³/mol. The maximum atomic E-state index is 5.47. The Morgan fingerprint density at radius 3 is 3.15 bits per heavy atom. The van der Waals surface area contributed by atoms with Gasteiger partial charge in [0, 0.05) is 6.61 Å². The summed E-state index contributed by atoms with van der Waals surface area (Å²) >= 11 is 0. The molecule has 1 nitrogen and oxygen atoms in total. The summed E-state index contributed by atoms with van der Waals surface area (Å²) in [6.07, 6.45) is 9.59. The zero-order valence-electron chi connectivity index (χ0n) is 8.59. The van der Waals surface area contributed by atoms with Crippen LogP contribution in [0.2, 0.25) is 0 Å². The van der Waals surface area contributed by atoms with Crippen LogP contribution in [0.4, 0.5) is 0 Å². The molecule has 0 aromatic heterocycles. The number of allylic oxidation sites excluding steroid dienone is 1. The van der Waals surface area contributed by atoms with Crippen molar-refractivity contribution in [2.24, 2.45) is 11.8 Å². The Morgan fingerprint density at radius 2 is 2.38 bits per heavy atom. The lowest BCUT2D eigenvalue weighted by Gasteiger charge is -2.33. The molecule has 0 aliphatic heterocycles. The van der Waals surface area contributed by atoms with Crippen molar-refractivity contribution >= 4 is 0 Å². The highest BCUT2D eigenvalue weighted by atomic mass is 16.5. The highest BCUT2D eigenvalue weighted by Crippen LogP contribution is 2.38. The maximum Gasteiger partial charge on any atom is 0.0676 e. The smallest absolute Gasteiger partial charge is 0.0676 e. The lowest BCUT2D eigenvalue weighted by atomic mass is 9.73. The summed E-state index contributed by atoms with van der Waals surface area (Å²) in [4.78, 5) is 0. The molecule has 2 bridgehead atoms. The van der Waals surface area contributed by atoms with Gasteiger partial charge in [0.1, 0.15) is 0 Å². The predicted octanol–water partition coefficient (Wildman–Crippen LogP) is 3.16. The lowest BCUT2D eigenvalue weighted by molar-refractivity contribution is 0.158. The second kappa shape index (κ2) is 4.28. The summed E-state index contributed by atoms with van der Waals surface area (Å²) in [5.74, 6) is 1.88. The molecule has 0 saturated heterocycles. The summed E-state index contributed by atoms with van der Waals surface area (Å²) in [5, 5.41) is 0. The molecule has 13 heavy (non-hydrogen) atoms. The fourth-order valence-electron chi connectivity index (χ4n) is 2.78. The number of fused-ring (bicyclic) bond motifs is 2. The average molecular weight is 180 g/mol. The second-order valence-corrected chi connectivity index (χ2v) is 4.46. The Labute approximate surface area is 81.2 Å². The summed E-state index contributed by atoms with van der Waals surface area (Å²) in [6, 6.07) is 0. The van der Waals surface area contributed by atoms with Crippen LogP contribution in [0.15, 0.2) is 11.6 Å². The minimum Gasteiger partial charge on any atom is -0.377 e. The van der Waals surface area contributed by atoms with Gasteiger partial charge >= 0.3 is 0 Å². The zero-order valence-corrected chi connectivity index (χ0v) is 8.59. The minimum absolute atomic E-state index is 0.854. The largest absolute Gasteiger partial charge is 0.377 e. The molecule has 0 amide bonds. The molecular formula is C12H20O. The molecule has 0 aromatic rings. The summed E-state index contributed by atoms with van der Waals surface area (Å²) in [5.41, 5.74) is 1.57. The lowest BCUT2D eigenvalue weighted by Crippen LogP contribution is -2.21. The summed E-state index contributed by atoms with van der Waals surface area (Å²) in [7, 11) is 0. The van der Waals surface area contributed by atoms with Gasteiger partial charge in [0.2, 0.25) is 0 Å². The molecule has 1 saturated carbocycles. The van der Waals surface area contributed by atoms with Crippen molar-refractivity contribution in [2.75, 3.05) is 13.2 Å². The Morgan fingerprint density at radius 1 is 1.46 bits per heavy atom. The van der Waals surface area contributed by atoms with E-state index in [-0.39, 0.29) is 0 Å². The highest BCUT2D eigenvalue weighted by molar-refractivity contribution is 5.11. The Hall–Kier alpha value is -0.300. The molecular weight excluding hydrogens is 160 g/mol. The molecule has 2 atom stereocenters. The van der Waals surface area contributed by atoms with Crippen LogP contribution in [0.3, 0.4) is 0 Å². The van der Waals surface area contributed by atoms with Gasteiger partial charge in [-0.2, -0.15) is 0 Å². The molecule has 1 heteroatoms. The van der Waals surface area contributed by atoms with Crippen LogP contribution in [0.1, 0.15) is 39.0 Å². The fraction of sp³-hybridized carbons (Fsp3) is 0.833. The normalized spacial score (nSPS) is 32.8. The molecule has 0 spiro atoms. The third-order valence-corrected chi connectivity index (χ3v) is 3.34. The highest BCUT2D eigenvalue weighted by Gasteiger charge is 2.25. The standard InChI is InChI=1S/C12H20O/c1-2-13-9-12-7-10-4-3-5-11(6-10)8-12/h7,10-11H,2-6,8-9H2,1H3/t10-,11?/m0/s1. The van der Waals surface area contributed by atoms with Gasteiger partial charge in [0.25, 0.3) is 0 Å². The van der Waals surface area contributed by atoms with E-state index in [0.717, 1.165) is 25.0 Å². The molecule has 1 unspecified atom stereocenters. The Bertz CT molecular complexity index is 195. The van der Waals surface area contributed by atoms with Crippen LogP contribution in [-0.2, 0) is 4.74 Å². The first-order valence-electron chi connectivity index (χ1n) is 5.65. The Kier molecular flexibility index (Phi) is 3.05. The van der Waals surface area contributed by atoms with E-state index in [1.807, 2.05) is 0 Å². The van der Waals surface area contributed by atoms with E-state index in [0.29, 0.717) is 0 Å². The second-order valence-electron chi connectivity index (χ2n) is 4.46. The van der Waals surface area contributed by atoms with Crippen LogP contribution in [0.5, 0.6) is 0 Å². The van der Waals surface area contributed by atoms with Crippen molar-refractivity contribution in [3.63, 3.8) is 0 Å². The van der Waals surface area contributed by atoms with Crippen molar-refractivity contribution in [1.82, 2.24) is 0 Å². The van der Waals surface area contributed by atoms with Gasteiger partial charge in [-0.1, -0.05) is 18.9 Å². The van der Waals surface area contributed by atoms with Gasteiger partial charge in [-0.25, -0.2) is 0 Å². The zero-order chi connectivity index (χ0) is 9.10. The van der Waals surface area contributed by atoms with Gasteiger partial charge < -0.3 is 4.74 Å². The van der Waals surface area contributed by atoms with Crippen molar-refractivity contribution in [1.29, 1.82) is 0 Å². The van der Waals surface area contributed by atoms with E-state index in [4.69, 9.17) is 4.74 Å². The number of hydrogen-bond acceptors (Lipinski definition) is 1. The number of hydrogen-bond donors (Lipinski definition) is 0. The van der Waals surface area contributed by atoms with Crippen LogP contribution in [0, 0.1) is 11.8 Å². The van der Waals surface area contributed by atoms with Crippen LogP contribution in [-0.4, -0.2) is 13.2 Å². The van der Waals surface area contributed by atoms with E-state index in [2.05, 4.69) is 13.0 Å². The molecule has 0 aromatic carbocycles. The molecule has 2 aliphatic rings. The minimum atomic E-state index is 0.854. The maximum absolute atomic E-state index is 5.47.